The summed E-state index contributed by atoms with van der Waals surface area (Å²) in [5.41, 5.74) is 2.51. The summed E-state index contributed by atoms with van der Waals surface area (Å²) in [5, 5.41) is 11.9. The van der Waals surface area contributed by atoms with Crippen molar-refractivity contribution in [3.8, 4) is 0 Å². The molecule has 2 aromatic heterocycles. The van der Waals surface area contributed by atoms with Crippen LogP contribution in [0.15, 0.2) is 52.7 Å². The first kappa shape index (κ1) is 20.2. The zero-order chi connectivity index (χ0) is 20.1. The van der Waals surface area contributed by atoms with E-state index >= 15 is 0 Å². The lowest BCUT2D eigenvalue weighted by Crippen LogP contribution is -2.39. The maximum atomic E-state index is 12.3. The lowest BCUT2D eigenvalue weighted by molar-refractivity contribution is -0.136. The van der Waals surface area contributed by atoms with E-state index in [1.807, 2.05) is 66.6 Å². The predicted octanol–water partition coefficient (Wildman–Crippen LogP) is 3.63. The Labute approximate surface area is 172 Å². The number of benzene rings is 1. The Kier molecular flexibility index (Phi) is 6.53. The van der Waals surface area contributed by atoms with Crippen LogP contribution in [0.2, 0.25) is 0 Å². The molecule has 0 saturated carbocycles. The Morgan fingerprint density at radius 2 is 2.00 bits per heavy atom. The molecule has 1 aromatic carbocycles. The molecule has 0 radical (unpaired) electrons. The molecular weight excluding hydrogens is 392 g/mol. The van der Waals surface area contributed by atoms with Crippen molar-refractivity contribution in [3.05, 3.63) is 64.1 Å². The van der Waals surface area contributed by atoms with Crippen LogP contribution in [0.3, 0.4) is 0 Å². The second-order valence-corrected chi connectivity index (χ2v) is 8.16. The first-order valence-corrected chi connectivity index (χ1v) is 10.9. The van der Waals surface area contributed by atoms with Crippen LogP contribution in [0, 0.1) is 13.8 Å². The average molecular weight is 415 g/mol. The zero-order valence-electron chi connectivity index (χ0n) is 15.9. The second kappa shape index (κ2) is 9.07. The van der Waals surface area contributed by atoms with Crippen molar-refractivity contribution < 1.29 is 9.59 Å². The Balaban J connectivity index is 1.68. The number of hydrogen-bond acceptors (Lipinski definition) is 5. The Hall–Kier alpha value is -2.58. The highest BCUT2D eigenvalue weighted by atomic mass is 32.2. The van der Waals surface area contributed by atoms with E-state index < -0.39 is 11.8 Å². The van der Waals surface area contributed by atoms with Crippen molar-refractivity contribution >= 4 is 40.6 Å². The maximum Gasteiger partial charge on any atom is 0.313 e. The van der Waals surface area contributed by atoms with Crippen molar-refractivity contribution in [1.82, 2.24) is 15.1 Å². The molecule has 146 valence electrons. The normalized spacial score (nSPS) is 11.8. The summed E-state index contributed by atoms with van der Waals surface area (Å²) >= 11 is 3.17. The van der Waals surface area contributed by atoms with Gasteiger partial charge in [0.1, 0.15) is 6.04 Å². The minimum absolute atomic E-state index is 0.162. The van der Waals surface area contributed by atoms with E-state index in [0.29, 0.717) is 5.69 Å². The van der Waals surface area contributed by atoms with Crippen molar-refractivity contribution in [1.29, 1.82) is 0 Å². The molecule has 28 heavy (non-hydrogen) atoms. The third-order valence-electron chi connectivity index (χ3n) is 4.20. The molecule has 2 heterocycles. The lowest BCUT2D eigenvalue weighted by atomic mass is 10.2. The van der Waals surface area contributed by atoms with Crippen LogP contribution < -0.4 is 10.6 Å². The van der Waals surface area contributed by atoms with E-state index in [4.69, 9.17) is 0 Å². The van der Waals surface area contributed by atoms with E-state index in [1.54, 1.807) is 29.2 Å². The van der Waals surface area contributed by atoms with E-state index in [-0.39, 0.29) is 12.6 Å². The van der Waals surface area contributed by atoms with Gasteiger partial charge in [0.2, 0.25) is 0 Å². The number of aromatic nitrogens is 2. The largest absolute Gasteiger partial charge is 0.345 e. The third kappa shape index (κ3) is 4.82. The molecule has 0 aliphatic rings. The van der Waals surface area contributed by atoms with Gasteiger partial charge in [-0.05, 0) is 55.8 Å². The van der Waals surface area contributed by atoms with Crippen LogP contribution in [-0.4, -0.2) is 34.4 Å². The molecule has 2 N–H and O–H groups in total. The smallest absolute Gasteiger partial charge is 0.313 e. The van der Waals surface area contributed by atoms with Crippen molar-refractivity contribution in [2.45, 2.75) is 24.8 Å². The van der Waals surface area contributed by atoms with Gasteiger partial charge in [0.05, 0.1) is 5.69 Å². The van der Waals surface area contributed by atoms with E-state index in [9.17, 15) is 9.59 Å². The Bertz CT molecular complexity index is 967. The number of carbonyl (C=O) groups excluding carboxylic acids is 2. The minimum Gasteiger partial charge on any atom is -0.345 e. The molecule has 6 nitrogen and oxygen atoms in total. The fourth-order valence-corrected chi connectivity index (χ4v) is 4.18. The van der Waals surface area contributed by atoms with Gasteiger partial charge in [0, 0.05) is 27.7 Å². The highest BCUT2D eigenvalue weighted by Crippen LogP contribution is 2.24. The Morgan fingerprint density at radius 1 is 1.18 bits per heavy atom. The summed E-state index contributed by atoms with van der Waals surface area (Å²) in [5.74, 6) is -1.35. The molecule has 0 saturated heterocycles. The van der Waals surface area contributed by atoms with Gasteiger partial charge in [-0.2, -0.15) is 5.10 Å². The van der Waals surface area contributed by atoms with Crippen LogP contribution in [0.5, 0.6) is 0 Å². The first-order valence-electron chi connectivity index (χ1n) is 8.77. The summed E-state index contributed by atoms with van der Waals surface area (Å²) in [6.45, 7) is 4.19. The molecular formula is C20H22N4O2S2. The monoisotopic (exact) mass is 414 g/mol. The molecule has 2 amide bonds. The van der Waals surface area contributed by atoms with Crippen molar-refractivity contribution in [2.24, 2.45) is 0 Å². The quantitative estimate of drug-likeness (QED) is 0.477. The molecule has 3 aromatic rings. The molecule has 0 fully saturated rings. The summed E-state index contributed by atoms with van der Waals surface area (Å²) in [4.78, 5) is 26.7. The number of carbonyl (C=O) groups is 2. The molecule has 0 aliphatic carbocycles. The van der Waals surface area contributed by atoms with Gasteiger partial charge in [-0.15, -0.1) is 23.1 Å². The fourth-order valence-electron chi connectivity index (χ4n) is 2.91. The van der Waals surface area contributed by atoms with Gasteiger partial charge in [0.25, 0.3) is 0 Å². The van der Waals surface area contributed by atoms with Crippen LogP contribution in [0.25, 0.3) is 0 Å². The lowest BCUT2D eigenvalue weighted by Gasteiger charge is -2.18. The molecule has 8 heteroatoms. The molecule has 0 bridgehead atoms. The number of anilines is 1. The number of aryl methyl sites for hydroxylation is 2. The van der Waals surface area contributed by atoms with Gasteiger partial charge in [0.15, 0.2) is 0 Å². The number of amides is 2. The second-order valence-electron chi connectivity index (χ2n) is 6.30. The highest BCUT2D eigenvalue weighted by molar-refractivity contribution is 7.98. The minimum atomic E-state index is -0.684. The molecule has 0 unspecified atom stereocenters. The number of rotatable bonds is 6. The Morgan fingerprint density at radius 3 is 2.64 bits per heavy atom. The molecule has 0 aliphatic heterocycles. The average Bonchev–Trinajstić information content (AvgIpc) is 3.32. The van der Waals surface area contributed by atoms with Gasteiger partial charge in [-0.1, -0.05) is 12.1 Å². The van der Waals surface area contributed by atoms with E-state index in [0.717, 1.165) is 21.2 Å². The topological polar surface area (TPSA) is 76.0 Å². The number of thioether (sulfide) groups is 1. The summed E-state index contributed by atoms with van der Waals surface area (Å²) < 4.78 is 1.89. The summed E-state index contributed by atoms with van der Waals surface area (Å²) in [7, 11) is 0. The fraction of sp³-hybridized carbons (Fsp3) is 0.250. The van der Waals surface area contributed by atoms with Crippen LogP contribution in [-0.2, 0) is 9.59 Å². The molecule has 0 spiro atoms. The van der Waals surface area contributed by atoms with Crippen molar-refractivity contribution in [3.63, 3.8) is 0 Å². The van der Waals surface area contributed by atoms with Crippen LogP contribution >= 0.6 is 23.1 Å². The number of nitrogens with one attached hydrogen (secondary N) is 2. The maximum absolute atomic E-state index is 12.3. The third-order valence-corrected chi connectivity index (χ3v) is 5.90. The number of hydrogen-bond donors (Lipinski definition) is 2. The van der Waals surface area contributed by atoms with Gasteiger partial charge in [-0.3, -0.25) is 14.3 Å². The molecule has 1 atom stereocenters. The summed E-state index contributed by atoms with van der Waals surface area (Å²) in [6, 6.07) is 13.2. The van der Waals surface area contributed by atoms with Gasteiger partial charge >= 0.3 is 11.8 Å². The van der Waals surface area contributed by atoms with Crippen LogP contribution in [0.4, 0.5) is 5.69 Å². The van der Waals surface area contributed by atoms with Crippen molar-refractivity contribution in [2.75, 3.05) is 18.1 Å². The zero-order valence-corrected chi connectivity index (χ0v) is 17.6. The SMILES string of the molecule is CSc1cccc(NC(=O)C(=O)NC[C@H](c2cccs2)n2nc(C)cc2C)c1. The highest BCUT2D eigenvalue weighted by Gasteiger charge is 2.21. The number of nitrogens with zero attached hydrogens (tertiary/aromatic N) is 2. The van der Waals surface area contributed by atoms with Gasteiger partial charge in [-0.25, -0.2) is 0 Å². The molecule has 3 rings (SSSR count). The van der Waals surface area contributed by atoms with E-state index in [1.165, 1.54) is 0 Å². The summed E-state index contributed by atoms with van der Waals surface area (Å²) in [6.07, 6.45) is 1.96. The van der Waals surface area contributed by atoms with E-state index in [2.05, 4.69) is 15.7 Å². The standard InChI is InChI=1S/C20H22N4O2S2/c1-13-10-14(2)24(23-13)17(18-8-5-9-28-18)12-21-19(25)20(26)22-15-6-4-7-16(11-15)27-3/h4-11,17H,12H2,1-3H3,(H,21,25)(H,22,26)/t17-/m1/s1. The number of thiophene rings is 1. The first-order chi connectivity index (χ1) is 13.5. The van der Waals surface area contributed by atoms with Crippen LogP contribution in [0.1, 0.15) is 22.3 Å². The predicted molar refractivity (Wildman–Crippen MR) is 114 cm³/mol. The van der Waals surface area contributed by atoms with Gasteiger partial charge < -0.3 is 10.6 Å².